The molecule has 8 aromatic carbocycles. The van der Waals surface area contributed by atoms with Crippen LogP contribution in [0.2, 0.25) is 0 Å². The summed E-state index contributed by atoms with van der Waals surface area (Å²) in [5.74, 6) is 2.14. The molecule has 302 valence electrons. The molecule has 1 aliphatic carbocycles. The smallest absolute Gasteiger partial charge is 0.164 e. The average molecular weight is 822 g/mol. The number of rotatable bonds is 6. The van der Waals surface area contributed by atoms with Crippen molar-refractivity contribution in [1.29, 1.82) is 0 Å². The van der Waals surface area contributed by atoms with Gasteiger partial charge in [-0.15, -0.1) is 0 Å². The fourth-order valence-corrected chi connectivity index (χ4v) is 10.0. The molecule has 4 heterocycles. The SMILES string of the molecule is CC1CC=c2oc3ccc(-c4ccc5c(c4)c4ccccc4n5-c4ccc5c(c4)c4ccccc4n5-c4ccccc4)cc3c2=C1c1nc(-c2ccccc2)nc(-c2ccccc2)n1. The van der Waals surface area contributed by atoms with Gasteiger partial charge in [-0.2, -0.15) is 0 Å². The van der Waals surface area contributed by atoms with E-state index >= 15 is 0 Å². The van der Waals surface area contributed by atoms with Crippen LogP contribution in [-0.2, 0) is 0 Å². The summed E-state index contributed by atoms with van der Waals surface area (Å²) in [4.78, 5) is 15.4. The molecule has 0 N–H and O–H groups in total. The first kappa shape index (κ1) is 36.3. The number of fused-ring (bicyclic) bond motifs is 9. The zero-order chi connectivity index (χ0) is 42.3. The van der Waals surface area contributed by atoms with E-state index in [-0.39, 0.29) is 5.92 Å². The van der Waals surface area contributed by atoms with E-state index in [1.54, 1.807) is 0 Å². The molecule has 0 bridgehead atoms. The number of nitrogens with zero attached hydrogens (tertiary/aromatic N) is 5. The van der Waals surface area contributed by atoms with Crippen LogP contribution in [0.15, 0.2) is 199 Å². The topological polar surface area (TPSA) is 61.7 Å². The summed E-state index contributed by atoms with van der Waals surface area (Å²) >= 11 is 0. The van der Waals surface area contributed by atoms with Gasteiger partial charge in [-0.25, -0.2) is 15.0 Å². The number of hydrogen-bond donors (Lipinski definition) is 0. The molecule has 6 nitrogen and oxygen atoms in total. The largest absolute Gasteiger partial charge is 0.456 e. The van der Waals surface area contributed by atoms with Gasteiger partial charge in [0, 0.05) is 60.2 Å². The van der Waals surface area contributed by atoms with Crippen LogP contribution in [0.3, 0.4) is 0 Å². The summed E-state index contributed by atoms with van der Waals surface area (Å²) in [5, 5.41) is 6.99. The number of benzene rings is 8. The molecule has 0 saturated heterocycles. The van der Waals surface area contributed by atoms with Crippen LogP contribution in [-0.4, -0.2) is 24.1 Å². The molecule has 1 atom stereocenters. The van der Waals surface area contributed by atoms with Crippen LogP contribution in [0.25, 0.3) is 112 Å². The lowest BCUT2D eigenvalue weighted by Gasteiger charge is -2.17. The van der Waals surface area contributed by atoms with E-state index in [1.807, 2.05) is 36.4 Å². The van der Waals surface area contributed by atoms with E-state index < -0.39 is 0 Å². The van der Waals surface area contributed by atoms with Crippen molar-refractivity contribution in [3.8, 4) is 45.3 Å². The molecule has 6 heteroatoms. The maximum atomic E-state index is 6.62. The van der Waals surface area contributed by atoms with Gasteiger partial charge >= 0.3 is 0 Å². The molecule has 0 amide bonds. The molecular weight excluding hydrogens is 783 g/mol. The summed E-state index contributed by atoms with van der Waals surface area (Å²) in [6.07, 6.45) is 3.04. The molecule has 4 aromatic heterocycles. The normalized spacial score (nSPS) is 13.9. The van der Waals surface area contributed by atoms with Crippen molar-refractivity contribution >= 4 is 66.2 Å². The van der Waals surface area contributed by atoms with Crippen molar-refractivity contribution in [3.63, 3.8) is 0 Å². The fraction of sp³-hybridized carbons (Fsp3) is 0.0517. The predicted molar refractivity (Wildman–Crippen MR) is 261 cm³/mol. The van der Waals surface area contributed by atoms with Gasteiger partial charge in [-0.05, 0) is 96.3 Å². The van der Waals surface area contributed by atoms with Crippen molar-refractivity contribution in [2.75, 3.05) is 0 Å². The van der Waals surface area contributed by atoms with E-state index in [0.717, 1.165) is 72.7 Å². The Bertz CT molecular complexity index is 3880. The Morgan fingerprint density at radius 3 is 1.58 bits per heavy atom. The monoisotopic (exact) mass is 821 g/mol. The van der Waals surface area contributed by atoms with E-state index in [0.29, 0.717) is 17.5 Å². The van der Waals surface area contributed by atoms with Gasteiger partial charge in [-0.3, -0.25) is 0 Å². The van der Waals surface area contributed by atoms with E-state index in [1.165, 1.54) is 38.1 Å². The Morgan fingerprint density at radius 2 is 0.922 bits per heavy atom. The second-order valence-corrected chi connectivity index (χ2v) is 16.8. The molecule has 0 saturated carbocycles. The minimum absolute atomic E-state index is 0.156. The van der Waals surface area contributed by atoms with Crippen molar-refractivity contribution in [2.24, 2.45) is 5.92 Å². The summed E-state index contributed by atoms with van der Waals surface area (Å²) in [5.41, 5.74) is 14.0. The standard InChI is InChI=1S/C58H39N5O/c1-36-25-31-53-55(54(36)58-60-56(37-15-5-2-6-16-37)59-57(61-58)38-17-7-3-8-18-38)47-34-40(27-32-52(47)64-53)39-26-29-50-45(33-39)43-21-11-14-24-49(43)63(50)42-28-30-51-46(35-42)44-22-12-13-23-48(44)62(51)41-19-9-4-10-20-41/h2-24,26-36H,25H2,1H3. The van der Waals surface area contributed by atoms with Crippen LogP contribution in [0, 0.1) is 5.92 Å². The van der Waals surface area contributed by atoms with Gasteiger partial charge in [0.15, 0.2) is 17.5 Å². The highest BCUT2D eigenvalue weighted by Crippen LogP contribution is 2.39. The molecular formula is C58H39N5O. The summed E-state index contributed by atoms with van der Waals surface area (Å²) < 4.78 is 11.4. The van der Waals surface area contributed by atoms with Crippen LogP contribution in [0.1, 0.15) is 19.2 Å². The van der Waals surface area contributed by atoms with Crippen molar-refractivity contribution < 1.29 is 4.42 Å². The van der Waals surface area contributed by atoms with Gasteiger partial charge in [0.25, 0.3) is 0 Å². The molecule has 64 heavy (non-hydrogen) atoms. The Morgan fingerprint density at radius 1 is 0.422 bits per heavy atom. The summed E-state index contributed by atoms with van der Waals surface area (Å²) in [7, 11) is 0. The quantitative estimate of drug-likeness (QED) is 0.168. The molecule has 0 radical (unpaired) electrons. The Hall–Kier alpha value is -8.35. The number of hydrogen-bond acceptors (Lipinski definition) is 4. The van der Waals surface area contributed by atoms with Crippen LogP contribution < -0.4 is 10.6 Å². The Kier molecular flexibility index (Phi) is 8.15. The molecule has 13 rings (SSSR count). The third-order valence-corrected chi connectivity index (χ3v) is 13.0. The van der Waals surface area contributed by atoms with E-state index in [9.17, 15) is 0 Å². The molecule has 1 aliphatic rings. The number of para-hydroxylation sites is 3. The third kappa shape index (κ3) is 5.69. The van der Waals surface area contributed by atoms with E-state index in [4.69, 9.17) is 19.4 Å². The summed E-state index contributed by atoms with van der Waals surface area (Å²) in [6.45, 7) is 2.26. The predicted octanol–water partition coefficient (Wildman–Crippen LogP) is 12.8. The van der Waals surface area contributed by atoms with Gasteiger partial charge in [0.05, 0.1) is 22.1 Å². The fourth-order valence-electron chi connectivity index (χ4n) is 10.0. The highest BCUT2D eigenvalue weighted by Gasteiger charge is 2.24. The molecule has 12 aromatic rings. The highest BCUT2D eigenvalue weighted by atomic mass is 16.3. The third-order valence-electron chi connectivity index (χ3n) is 13.0. The van der Waals surface area contributed by atoms with Crippen molar-refractivity contribution in [3.05, 3.63) is 211 Å². The Labute approximate surface area is 368 Å². The first-order chi connectivity index (χ1) is 31.6. The molecule has 1 unspecified atom stereocenters. The second kappa shape index (κ2) is 14.4. The maximum Gasteiger partial charge on any atom is 0.164 e. The zero-order valence-electron chi connectivity index (χ0n) is 35.0. The average Bonchev–Trinajstić information content (AvgIpc) is 4.01. The van der Waals surface area contributed by atoms with Gasteiger partial charge in [0.1, 0.15) is 11.0 Å². The van der Waals surface area contributed by atoms with Crippen molar-refractivity contribution in [1.82, 2.24) is 24.1 Å². The number of furan rings is 1. The lowest BCUT2D eigenvalue weighted by molar-refractivity contribution is 0.565. The van der Waals surface area contributed by atoms with Gasteiger partial charge in [-0.1, -0.05) is 134 Å². The molecule has 0 spiro atoms. The van der Waals surface area contributed by atoms with E-state index in [2.05, 4.69) is 180 Å². The lowest BCUT2D eigenvalue weighted by Crippen LogP contribution is -2.31. The van der Waals surface area contributed by atoms with Gasteiger partial charge in [0.2, 0.25) is 0 Å². The van der Waals surface area contributed by atoms with Gasteiger partial charge < -0.3 is 13.6 Å². The minimum Gasteiger partial charge on any atom is -0.456 e. The lowest BCUT2D eigenvalue weighted by atomic mass is 9.90. The second-order valence-electron chi connectivity index (χ2n) is 16.8. The minimum atomic E-state index is 0.156. The van der Waals surface area contributed by atoms with Crippen LogP contribution >= 0.6 is 0 Å². The number of aromatic nitrogens is 5. The zero-order valence-corrected chi connectivity index (χ0v) is 35.0. The first-order valence-corrected chi connectivity index (χ1v) is 21.9. The Balaban J connectivity index is 0.980. The van der Waals surface area contributed by atoms with Crippen LogP contribution in [0.4, 0.5) is 0 Å². The summed E-state index contributed by atoms with van der Waals surface area (Å²) in [6, 6.07) is 68.8. The maximum absolute atomic E-state index is 6.62. The van der Waals surface area contributed by atoms with Crippen LogP contribution in [0.5, 0.6) is 0 Å². The van der Waals surface area contributed by atoms with Crippen molar-refractivity contribution in [2.45, 2.75) is 13.3 Å². The highest BCUT2D eigenvalue weighted by molar-refractivity contribution is 6.13. The molecule has 0 aliphatic heterocycles. The first-order valence-electron chi connectivity index (χ1n) is 21.9. The molecule has 0 fully saturated rings.